The van der Waals surface area contributed by atoms with Crippen LogP contribution in [0.2, 0.25) is 0 Å². The van der Waals surface area contributed by atoms with Gasteiger partial charge in [-0.25, -0.2) is 0 Å². The van der Waals surface area contributed by atoms with Crippen molar-refractivity contribution in [3.05, 3.63) is 36.7 Å². The molecule has 0 spiro atoms. The Balaban J connectivity index is 2.18. The number of pyridine rings is 1. The molecule has 1 aromatic carbocycles. The second kappa shape index (κ2) is 3.66. The maximum atomic E-state index is 11.7. The van der Waals surface area contributed by atoms with Gasteiger partial charge in [-0.2, -0.15) is 0 Å². The van der Waals surface area contributed by atoms with Crippen LogP contribution in [0.15, 0.2) is 36.7 Å². The molecule has 0 unspecified atom stereocenters. The van der Waals surface area contributed by atoms with E-state index in [1.165, 1.54) is 0 Å². The zero-order valence-electron chi connectivity index (χ0n) is 9.09. The number of nitrogens with zero attached hydrogens (tertiary/aromatic N) is 2. The fraction of sp³-hybridized carbons (Fsp3) is 0.154. The largest absolute Gasteiger partial charge is 0.305 e. The molecule has 1 aliphatic heterocycles. The van der Waals surface area contributed by atoms with Crippen LogP contribution in [0, 0.1) is 0 Å². The molecule has 1 aromatic heterocycles. The van der Waals surface area contributed by atoms with Crippen molar-refractivity contribution in [2.45, 2.75) is 6.42 Å². The van der Waals surface area contributed by atoms with Crippen LogP contribution >= 0.6 is 0 Å². The van der Waals surface area contributed by atoms with Gasteiger partial charge in [0.05, 0.1) is 5.69 Å². The highest BCUT2D eigenvalue weighted by Gasteiger charge is 2.30. The molecule has 0 radical (unpaired) electrons. The maximum absolute atomic E-state index is 11.7. The number of fused-ring (bicyclic) bond motifs is 1. The molecule has 0 atom stereocenters. The van der Waals surface area contributed by atoms with Crippen molar-refractivity contribution in [3.63, 3.8) is 0 Å². The normalized spacial score (nSPS) is 15.9. The zero-order valence-corrected chi connectivity index (χ0v) is 9.09. The SMILES string of the molecule is O=C1CCN(c2cccc3cnccc23)C1=O. The number of anilines is 1. The van der Waals surface area contributed by atoms with E-state index in [0.717, 1.165) is 16.5 Å². The van der Waals surface area contributed by atoms with Gasteiger partial charge in [0.15, 0.2) is 0 Å². The van der Waals surface area contributed by atoms with Crippen LogP contribution in [0.1, 0.15) is 6.42 Å². The summed E-state index contributed by atoms with van der Waals surface area (Å²) in [6.45, 7) is 0.471. The first-order valence-corrected chi connectivity index (χ1v) is 5.45. The molecule has 0 N–H and O–H groups in total. The van der Waals surface area contributed by atoms with Gasteiger partial charge < -0.3 is 4.90 Å². The predicted molar refractivity (Wildman–Crippen MR) is 63.7 cm³/mol. The summed E-state index contributed by atoms with van der Waals surface area (Å²) in [5, 5.41) is 1.92. The molecule has 0 bridgehead atoms. The molecule has 2 aromatic rings. The summed E-state index contributed by atoms with van der Waals surface area (Å²) in [5.74, 6) is -0.717. The molecule has 4 heteroatoms. The van der Waals surface area contributed by atoms with Crippen molar-refractivity contribution in [1.29, 1.82) is 0 Å². The highest BCUT2D eigenvalue weighted by molar-refractivity contribution is 6.44. The molecule has 17 heavy (non-hydrogen) atoms. The van der Waals surface area contributed by atoms with Crippen molar-refractivity contribution in [1.82, 2.24) is 4.98 Å². The molecule has 84 valence electrons. The highest BCUT2D eigenvalue weighted by atomic mass is 16.2. The van der Waals surface area contributed by atoms with Gasteiger partial charge in [0.25, 0.3) is 5.91 Å². The third kappa shape index (κ3) is 1.49. The minimum Gasteiger partial charge on any atom is -0.305 e. The summed E-state index contributed by atoms with van der Waals surface area (Å²) in [6.07, 6.45) is 3.75. The van der Waals surface area contributed by atoms with Crippen molar-refractivity contribution in [2.24, 2.45) is 0 Å². The monoisotopic (exact) mass is 226 g/mol. The zero-order chi connectivity index (χ0) is 11.8. The van der Waals surface area contributed by atoms with E-state index in [-0.39, 0.29) is 5.78 Å². The van der Waals surface area contributed by atoms with Gasteiger partial charge in [-0.3, -0.25) is 14.6 Å². The summed E-state index contributed by atoms with van der Waals surface area (Å²) in [7, 11) is 0. The predicted octanol–water partition coefficient (Wildman–Crippen LogP) is 1.54. The van der Waals surface area contributed by atoms with Gasteiger partial charge >= 0.3 is 0 Å². The maximum Gasteiger partial charge on any atom is 0.294 e. The minimum atomic E-state index is -0.408. The summed E-state index contributed by atoms with van der Waals surface area (Å²) in [5.41, 5.74) is 0.792. The van der Waals surface area contributed by atoms with Crippen LogP contribution in [-0.4, -0.2) is 23.2 Å². The molecule has 4 nitrogen and oxygen atoms in total. The summed E-state index contributed by atoms with van der Waals surface area (Å²) < 4.78 is 0. The van der Waals surface area contributed by atoms with Crippen molar-refractivity contribution in [3.8, 4) is 0 Å². The lowest BCUT2D eigenvalue weighted by atomic mass is 10.1. The number of carbonyl (C=O) groups excluding carboxylic acids is 2. The second-order valence-electron chi connectivity index (χ2n) is 4.00. The Kier molecular flexibility index (Phi) is 2.14. The molecule has 1 aliphatic rings. The smallest absolute Gasteiger partial charge is 0.294 e. The number of carbonyl (C=O) groups is 2. The van der Waals surface area contributed by atoms with E-state index in [9.17, 15) is 9.59 Å². The van der Waals surface area contributed by atoms with E-state index in [1.54, 1.807) is 17.3 Å². The fourth-order valence-corrected chi connectivity index (χ4v) is 2.14. The standard InChI is InChI=1S/C13H10N2O2/c16-12-5-7-15(13(12)17)11-3-1-2-9-8-14-6-4-10(9)11/h1-4,6,8H,5,7H2. The van der Waals surface area contributed by atoms with E-state index in [1.807, 2.05) is 24.3 Å². The first-order chi connectivity index (χ1) is 8.27. The molecule has 1 amide bonds. The highest BCUT2D eigenvalue weighted by Crippen LogP contribution is 2.28. The Morgan fingerprint density at radius 1 is 1.18 bits per heavy atom. The molecule has 0 aliphatic carbocycles. The Morgan fingerprint density at radius 3 is 2.82 bits per heavy atom. The van der Waals surface area contributed by atoms with Crippen LogP contribution in [0.3, 0.4) is 0 Å². The first kappa shape index (κ1) is 9.96. The van der Waals surface area contributed by atoms with Crippen LogP contribution in [-0.2, 0) is 9.59 Å². The van der Waals surface area contributed by atoms with Crippen molar-refractivity contribution >= 4 is 28.2 Å². The Morgan fingerprint density at radius 2 is 2.06 bits per heavy atom. The molecular formula is C13H10N2O2. The molecule has 1 saturated heterocycles. The van der Waals surface area contributed by atoms with E-state index >= 15 is 0 Å². The van der Waals surface area contributed by atoms with E-state index in [2.05, 4.69) is 4.98 Å². The number of rotatable bonds is 1. The van der Waals surface area contributed by atoms with Gasteiger partial charge in [0, 0.05) is 36.1 Å². The third-order valence-corrected chi connectivity index (χ3v) is 2.99. The van der Waals surface area contributed by atoms with Crippen LogP contribution in [0.5, 0.6) is 0 Å². The molecule has 3 rings (SSSR count). The number of hydrogen-bond donors (Lipinski definition) is 0. The number of amides is 1. The quantitative estimate of drug-likeness (QED) is 0.693. The number of ketones is 1. The number of hydrogen-bond acceptors (Lipinski definition) is 3. The average Bonchev–Trinajstić information content (AvgIpc) is 2.69. The van der Waals surface area contributed by atoms with Gasteiger partial charge in [-0.1, -0.05) is 12.1 Å². The molecule has 2 heterocycles. The van der Waals surface area contributed by atoms with E-state index in [0.29, 0.717) is 13.0 Å². The summed E-state index contributed by atoms with van der Waals surface area (Å²) in [4.78, 5) is 28.6. The van der Waals surface area contributed by atoms with Crippen molar-refractivity contribution in [2.75, 3.05) is 11.4 Å². The Hall–Kier alpha value is -2.23. The van der Waals surface area contributed by atoms with Crippen molar-refractivity contribution < 1.29 is 9.59 Å². The summed E-state index contributed by atoms with van der Waals surface area (Å²) in [6, 6.07) is 7.53. The van der Waals surface area contributed by atoms with Gasteiger partial charge in [-0.15, -0.1) is 0 Å². The summed E-state index contributed by atoms with van der Waals surface area (Å²) >= 11 is 0. The van der Waals surface area contributed by atoms with Crippen LogP contribution in [0.4, 0.5) is 5.69 Å². The number of aromatic nitrogens is 1. The molecule has 0 saturated carbocycles. The molecule has 1 fully saturated rings. The minimum absolute atomic E-state index is 0.306. The van der Waals surface area contributed by atoms with Crippen LogP contribution in [0.25, 0.3) is 10.8 Å². The lowest BCUT2D eigenvalue weighted by Crippen LogP contribution is -2.27. The number of benzene rings is 1. The van der Waals surface area contributed by atoms with Gasteiger partial charge in [-0.05, 0) is 12.1 Å². The number of Topliss-reactive ketones (excluding diaryl/α,β-unsaturated/α-hetero) is 1. The van der Waals surface area contributed by atoms with Gasteiger partial charge in [0.1, 0.15) is 0 Å². The van der Waals surface area contributed by atoms with Gasteiger partial charge in [0.2, 0.25) is 5.78 Å². The average molecular weight is 226 g/mol. The lowest BCUT2D eigenvalue weighted by molar-refractivity contribution is -0.133. The Labute approximate surface area is 97.9 Å². The first-order valence-electron chi connectivity index (χ1n) is 5.45. The lowest BCUT2D eigenvalue weighted by Gasteiger charge is -2.16. The van der Waals surface area contributed by atoms with E-state index in [4.69, 9.17) is 0 Å². The second-order valence-corrected chi connectivity index (χ2v) is 4.00. The third-order valence-electron chi connectivity index (χ3n) is 2.99. The van der Waals surface area contributed by atoms with Crippen LogP contribution < -0.4 is 4.90 Å². The molecular weight excluding hydrogens is 216 g/mol. The fourth-order valence-electron chi connectivity index (χ4n) is 2.14. The Bertz CT molecular complexity index is 616. The van der Waals surface area contributed by atoms with E-state index < -0.39 is 5.91 Å². The topological polar surface area (TPSA) is 50.3 Å².